The molecule has 2 heterocycles. The molecule has 1 aromatic heterocycles. The van der Waals surface area contributed by atoms with Crippen molar-refractivity contribution in [1.29, 1.82) is 0 Å². The van der Waals surface area contributed by atoms with Gasteiger partial charge < -0.3 is 23.8 Å². The van der Waals surface area contributed by atoms with Gasteiger partial charge in [0.25, 0.3) is 5.91 Å². The molecule has 156 valence electrons. The van der Waals surface area contributed by atoms with E-state index in [1.165, 1.54) is 11.3 Å². The van der Waals surface area contributed by atoms with Crippen molar-refractivity contribution in [3.63, 3.8) is 0 Å². The normalized spacial score (nSPS) is 14.8. The van der Waals surface area contributed by atoms with Crippen LogP contribution < -0.4 is 18.9 Å². The second-order valence-corrected chi connectivity index (χ2v) is 7.65. The lowest BCUT2D eigenvalue weighted by atomic mass is 10.2. The van der Waals surface area contributed by atoms with Crippen molar-refractivity contribution in [3.05, 3.63) is 53.5 Å². The molecule has 8 heteroatoms. The van der Waals surface area contributed by atoms with Crippen LogP contribution in [0.25, 0.3) is 10.6 Å². The smallest absolute Gasteiger partial charge is 0.273 e. The van der Waals surface area contributed by atoms with E-state index >= 15 is 0 Å². The Balaban J connectivity index is 1.44. The van der Waals surface area contributed by atoms with Gasteiger partial charge in [0.1, 0.15) is 17.3 Å². The number of hydrogen-bond acceptors (Lipinski definition) is 7. The molecule has 7 nitrogen and oxygen atoms in total. The quantitative estimate of drug-likeness (QED) is 0.598. The van der Waals surface area contributed by atoms with Gasteiger partial charge >= 0.3 is 0 Å². The van der Waals surface area contributed by atoms with Crippen molar-refractivity contribution in [2.75, 3.05) is 34.4 Å². The second kappa shape index (κ2) is 8.62. The molecule has 30 heavy (non-hydrogen) atoms. The zero-order valence-electron chi connectivity index (χ0n) is 17.0. The van der Waals surface area contributed by atoms with Crippen molar-refractivity contribution in [1.82, 2.24) is 9.88 Å². The number of benzene rings is 2. The standard InChI is InChI=1S/C22H22N2O5S/c1-24(11-15-12-28-18-6-4-5-7-19(18)29-15)22(25)16-13-30-21(23-16)14-8-9-17(26-2)20(10-14)27-3/h4-10,13,15H,11-12H2,1-3H3. The average Bonchev–Trinajstić information content (AvgIpc) is 3.28. The number of amides is 1. The fourth-order valence-electron chi connectivity index (χ4n) is 3.21. The molecule has 0 saturated carbocycles. The number of ether oxygens (including phenoxy) is 4. The van der Waals surface area contributed by atoms with E-state index < -0.39 is 0 Å². The van der Waals surface area contributed by atoms with Crippen molar-refractivity contribution < 1.29 is 23.7 Å². The molecule has 4 rings (SSSR count). The van der Waals surface area contributed by atoms with Crippen LogP contribution in [0.3, 0.4) is 0 Å². The Morgan fingerprint density at radius 3 is 2.70 bits per heavy atom. The first-order chi connectivity index (χ1) is 14.6. The summed E-state index contributed by atoms with van der Waals surface area (Å²) in [5.41, 5.74) is 1.25. The summed E-state index contributed by atoms with van der Waals surface area (Å²) < 4.78 is 22.3. The first kappa shape index (κ1) is 20.0. The van der Waals surface area contributed by atoms with Gasteiger partial charge in [-0.15, -0.1) is 11.3 Å². The molecule has 0 saturated heterocycles. The van der Waals surface area contributed by atoms with E-state index in [9.17, 15) is 4.79 Å². The van der Waals surface area contributed by atoms with Crippen LogP contribution in [0.5, 0.6) is 23.0 Å². The summed E-state index contributed by atoms with van der Waals surface area (Å²) in [6, 6.07) is 13.1. The molecule has 1 atom stereocenters. The number of aromatic nitrogens is 1. The van der Waals surface area contributed by atoms with E-state index in [2.05, 4.69) is 4.98 Å². The van der Waals surface area contributed by atoms with Crippen LogP contribution >= 0.6 is 11.3 Å². The van der Waals surface area contributed by atoms with E-state index in [1.807, 2.05) is 42.5 Å². The third kappa shape index (κ3) is 4.04. The Bertz CT molecular complexity index is 1050. The Morgan fingerprint density at radius 2 is 1.93 bits per heavy atom. The van der Waals surface area contributed by atoms with Gasteiger partial charge in [-0.1, -0.05) is 12.1 Å². The first-order valence-electron chi connectivity index (χ1n) is 9.41. The molecule has 3 aromatic rings. The van der Waals surface area contributed by atoms with E-state index in [0.29, 0.717) is 36.1 Å². The maximum atomic E-state index is 12.9. The summed E-state index contributed by atoms with van der Waals surface area (Å²) in [4.78, 5) is 19.0. The van der Waals surface area contributed by atoms with Crippen LogP contribution in [0, 0.1) is 0 Å². The SMILES string of the molecule is COc1ccc(-c2nc(C(=O)N(C)CC3COc4ccccc4O3)cs2)cc1OC. The topological polar surface area (TPSA) is 70.1 Å². The fourth-order valence-corrected chi connectivity index (χ4v) is 4.00. The van der Waals surface area contributed by atoms with E-state index in [1.54, 1.807) is 31.5 Å². The van der Waals surface area contributed by atoms with Crippen molar-refractivity contribution in [3.8, 4) is 33.6 Å². The van der Waals surface area contributed by atoms with E-state index in [4.69, 9.17) is 18.9 Å². The summed E-state index contributed by atoms with van der Waals surface area (Å²) in [7, 11) is 4.91. The van der Waals surface area contributed by atoms with Crippen molar-refractivity contribution in [2.24, 2.45) is 0 Å². The first-order valence-corrected chi connectivity index (χ1v) is 10.3. The number of methoxy groups -OCH3 is 2. The number of para-hydroxylation sites is 2. The maximum absolute atomic E-state index is 12.9. The van der Waals surface area contributed by atoms with Gasteiger partial charge in [-0.25, -0.2) is 4.98 Å². The van der Waals surface area contributed by atoms with Crippen LogP contribution in [-0.4, -0.2) is 56.3 Å². The number of carbonyl (C=O) groups excluding carboxylic acids is 1. The molecule has 0 spiro atoms. The van der Waals surface area contributed by atoms with E-state index in [0.717, 1.165) is 16.3 Å². The molecule has 0 radical (unpaired) electrons. The molecular formula is C22H22N2O5S. The Morgan fingerprint density at radius 1 is 1.17 bits per heavy atom. The molecule has 0 aliphatic carbocycles. The predicted molar refractivity (Wildman–Crippen MR) is 114 cm³/mol. The van der Waals surface area contributed by atoms with Gasteiger partial charge in [0.2, 0.25) is 0 Å². The molecular weight excluding hydrogens is 404 g/mol. The van der Waals surface area contributed by atoms with Crippen molar-refractivity contribution >= 4 is 17.2 Å². The molecule has 0 fully saturated rings. The number of fused-ring (bicyclic) bond motifs is 1. The van der Waals surface area contributed by atoms with Crippen LogP contribution in [0.4, 0.5) is 0 Å². The molecule has 1 aliphatic heterocycles. The van der Waals surface area contributed by atoms with Crippen LogP contribution in [0.15, 0.2) is 47.8 Å². The minimum absolute atomic E-state index is 0.166. The predicted octanol–water partition coefficient (Wildman–Crippen LogP) is 3.74. The Labute approximate surface area is 178 Å². The number of nitrogens with zero attached hydrogens (tertiary/aromatic N) is 2. The summed E-state index contributed by atoms with van der Waals surface area (Å²) in [6.07, 6.45) is -0.238. The molecule has 0 N–H and O–H groups in total. The van der Waals surface area contributed by atoms with Gasteiger partial charge in [-0.2, -0.15) is 0 Å². The van der Waals surface area contributed by atoms with Crippen LogP contribution in [0.2, 0.25) is 0 Å². The summed E-state index contributed by atoms with van der Waals surface area (Å²) in [6.45, 7) is 0.791. The highest BCUT2D eigenvalue weighted by Gasteiger charge is 2.25. The average molecular weight is 426 g/mol. The largest absolute Gasteiger partial charge is 0.493 e. The van der Waals surface area contributed by atoms with Gasteiger partial charge in [-0.05, 0) is 30.3 Å². The zero-order valence-corrected chi connectivity index (χ0v) is 17.8. The highest BCUT2D eigenvalue weighted by atomic mass is 32.1. The molecule has 1 unspecified atom stereocenters. The molecule has 0 bridgehead atoms. The number of hydrogen-bond donors (Lipinski definition) is 0. The van der Waals surface area contributed by atoms with Gasteiger partial charge in [-0.3, -0.25) is 4.79 Å². The lowest BCUT2D eigenvalue weighted by molar-refractivity contribution is 0.0518. The van der Waals surface area contributed by atoms with Crippen molar-refractivity contribution in [2.45, 2.75) is 6.10 Å². The maximum Gasteiger partial charge on any atom is 0.273 e. The van der Waals surface area contributed by atoms with Gasteiger partial charge in [0.15, 0.2) is 29.1 Å². The highest BCUT2D eigenvalue weighted by Crippen LogP contribution is 2.34. The zero-order chi connectivity index (χ0) is 21.1. The van der Waals surface area contributed by atoms with Crippen LogP contribution in [0.1, 0.15) is 10.5 Å². The Kier molecular flexibility index (Phi) is 5.76. The highest BCUT2D eigenvalue weighted by molar-refractivity contribution is 7.13. The minimum Gasteiger partial charge on any atom is -0.493 e. The van der Waals surface area contributed by atoms with E-state index in [-0.39, 0.29) is 12.0 Å². The summed E-state index contributed by atoms with van der Waals surface area (Å²) in [5, 5.41) is 2.50. The molecule has 2 aromatic carbocycles. The number of rotatable bonds is 6. The number of carbonyl (C=O) groups is 1. The monoisotopic (exact) mass is 426 g/mol. The number of thiazole rings is 1. The summed E-state index contributed by atoms with van der Waals surface area (Å²) in [5.74, 6) is 2.51. The molecule has 1 aliphatic rings. The second-order valence-electron chi connectivity index (χ2n) is 6.79. The van der Waals surface area contributed by atoms with Gasteiger partial charge in [0.05, 0.1) is 20.8 Å². The van der Waals surface area contributed by atoms with Gasteiger partial charge in [0, 0.05) is 18.0 Å². The van der Waals surface area contributed by atoms with Crippen LogP contribution in [-0.2, 0) is 0 Å². The lowest BCUT2D eigenvalue weighted by Gasteiger charge is -2.29. The minimum atomic E-state index is -0.238. The summed E-state index contributed by atoms with van der Waals surface area (Å²) >= 11 is 1.41. The third-order valence-electron chi connectivity index (χ3n) is 4.75. The third-order valence-corrected chi connectivity index (χ3v) is 5.64. The number of likely N-dealkylation sites (N-methyl/N-ethyl adjacent to an activating group) is 1. The lowest BCUT2D eigenvalue weighted by Crippen LogP contribution is -2.41. The fraction of sp³-hybridized carbons (Fsp3) is 0.273. The molecule has 1 amide bonds. The Hall–Kier alpha value is -3.26.